The van der Waals surface area contributed by atoms with Gasteiger partial charge in [-0.1, -0.05) is 0 Å². The molecule has 0 spiro atoms. The molecule has 6 heteroatoms. The van der Waals surface area contributed by atoms with Crippen molar-refractivity contribution >= 4 is 10.0 Å². The zero-order chi connectivity index (χ0) is 10.2. The summed E-state index contributed by atoms with van der Waals surface area (Å²) < 4.78 is 30.0. The Kier molecular flexibility index (Phi) is 2.47. The molecule has 1 saturated heterocycles. The maximum absolute atomic E-state index is 11.8. The van der Waals surface area contributed by atoms with Gasteiger partial charge in [0.2, 0.25) is 10.0 Å². The van der Waals surface area contributed by atoms with Gasteiger partial charge >= 0.3 is 0 Å². The lowest BCUT2D eigenvalue weighted by atomic mass is 10.3. The van der Waals surface area contributed by atoms with E-state index in [0.717, 1.165) is 12.8 Å². The Morgan fingerprint density at radius 3 is 2.71 bits per heavy atom. The van der Waals surface area contributed by atoms with Crippen molar-refractivity contribution in [3.8, 4) is 6.07 Å². The molecule has 2 aliphatic rings. The van der Waals surface area contributed by atoms with Crippen molar-refractivity contribution < 1.29 is 13.2 Å². The van der Waals surface area contributed by atoms with Gasteiger partial charge in [0.25, 0.3) is 0 Å². The van der Waals surface area contributed by atoms with E-state index in [1.165, 1.54) is 4.31 Å². The van der Waals surface area contributed by atoms with Crippen LogP contribution in [0, 0.1) is 11.3 Å². The van der Waals surface area contributed by atoms with E-state index in [1.807, 2.05) is 6.07 Å². The Morgan fingerprint density at radius 2 is 2.14 bits per heavy atom. The predicted octanol–water partition coefficient (Wildman–Crippen LogP) is -0.297. The van der Waals surface area contributed by atoms with Gasteiger partial charge in [-0.2, -0.15) is 9.57 Å². The van der Waals surface area contributed by atoms with Gasteiger partial charge in [0.15, 0.2) is 6.10 Å². The van der Waals surface area contributed by atoms with Crippen molar-refractivity contribution in [1.82, 2.24) is 4.31 Å². The molecule has 14 heavy (non-hydrogen) atoms. The molecule has 0 amide bonds. The van der Waals surface area contributed by atoms with Crippen LogP contribution in [0.15, 0.2) is 0 Å². The average molecular weight is 216 g/mol. The van der Waals surface area contributed by atoms with Crippen LogP contribution in [0.3, 0.4) is 0 Å². The molecule has 0 N–H and O–H groups in total. The topological polar surface area (TPSA) is 70.4 Å². The average Bonchev–Trinajstić information content (AvgIpc) is 3.01. The summed E-state index contributed by atoms with van der Waals surface area (Å²) in [6.45, 7) is 0.899. The number of sulfonamides is 1. The summed E-state index contributed by atoms with van der Waals surface area (Å²) in [5, 5.41) is 8.44. The highest BCUT2D eigenvalue weighted by Gasteiger charge is 2.41. The van der Waals surface area contributed by atoms with Gasteiger partial charge < -0.3 is 4.74 Å². The van der Waals surface area contributed by atoms with E-state index < -0.39 is 16.1 Å². The molecule has 1 atom stereocenters. The number of hydrogen-bond acceptors (Lipinski definition) is 4. The van der Waals surface area contributed by atoms with Gasteiger partial charge in [0.1, 0.15) is 0 Å². The third-order valence-electron chi connectivity index (χ3n) is 2.48. The standard InChI is InChI=1S/C8H12N2O3S/c9-5-7-6-10(3-4-13-7)14(11,12)8-1-2-8/h7-8H,1-4,6H2. The van der Waals surface area contributed by atoms with Crippen molar-refractivity contribution in [1.29, 1.82) is 5.26 Å². The number of nitriles is 1. The number of morpholine rings is 1. The maximum Gasteiger partial charge on any atom is 0.217 e. The van der Waals surface area contributed by atoms with Gasteiger partial charge in [-0.15, -0.1) is 0 Å². The Balaban J connectivity index is 2.07. The predicted molar refractivity (Wildman–Crippen MR) is 48.9 cm³/mol. The first-order valence-electron chi connectivity index (χ1n) is 4.65. The third kappa shape index (κ3) is 1.75. The van der Waals surface area contributed by atoms with Gasteiger partial charge in [-0.05, 0) is 12.8 Å². The van der Waals surface area contributed by atoms with E-state index in [-0.39, 0.29) is 11.8 Å². The molecule has 78 valence electrons. The van der Waals surface area contributed by atoms with Crippen LogP contribution >= 0.6 is 0 Å². The SMILES string of the molecule is N#CC1CN(S(=O)(=O)C2CC2)CCO1. The molecule has 1 aliphatic carbocycles. The third-order valence-corrected chi connectivity index (χ3v) is 4.84. The van der Waals surface area contributed by atoms with E-state index in [2.05, 4.69) is 0 Å². The quantitative estimate of drug-likeness (QED) is 0.635. The lowest BCUT2D eigenvalue weighted by Gasteiger charge is -2.28. The molecular formula is C8H12N2O3S. The second-order valence-electron chi connectivity index (χ2n) is 3.59. The maximum atomic E-state index is 11.8. The summed E-state index contributed by atoms with van der Waals surface area (Å²) in [4.78, 5) is 0. The van der Waals surface area contributed by atoms with Crippen molar-refractivity contribution in [3.05, 3.63) is 0 Å². The Labute approximate surface area is 83.3 Å². The Hall–Kier alpha value is -0.640. The summed E-state index contributed by atoms with van der Waals surface area (Å²) in [5.41, 5.74) is 0. The zero-order valence-corrected chi connectivity index (χ0v) is 8.53. The monoisotopic (exact) mass is 216 g/mol. The second-order valence-corrected chi connectivity index (χ2v) is 5.80. The molecule has 0 bridgehead atoms. The summed E-state index contributed by atoms with van der Waals surface area (Å²) in [7, 11) is -3.13. The first-order chi connectivity index (χ1) is 6.64. The second kappa shape index (κ2) is 3.50. The van der Waals surface area contributed by atoms with Gasteiger partial charge in [0, 0.05) is 6.54 Å². The Morgan fingerprint density at radius 1 is 1.43 bits per heavy atom. The van der Waals surface area contributed by atoms with E-state index in [0.29, 0.717) is 13.2 Å². The van der Waals surface area contributed by atoms with Crippen molar-refractivity contribution in [2.45, 2.75) is 24.2 Å². The van der Waals surface area contributed by atoms with Gasteiger partial charge in [-0.25, -0.2) is 8.42 Å². The first kappa shape index (κ1) is 9.90. The minimum absolute atomic E-state index is 0.190. The normalized spacial score (nSPS) is 29.8. The first-order valence-corrected chi connectivity index (χ1v) is 6.15. The molecule has 1 unspecified atom stereocenters. The highest BCUT2D eigenvalue weighted by molar-refractivity contribution is 7.90. The van der Waals surface area contributed by atoms with Crippen LogP contribution in [0.25, 0.3) is 0 Å². The van der Waals surface area contributed by atoms with E-state index in [1.54, 1.807) is 0 Å². The van der Waals surface area contributed by atoms with Crippen molar-refractivity contribution in [2.24, 2.45) is 0 Å². The Bertz CT molecular complexity index is 355. The smallest absolute Gasteiger partial charge is 0.217 e. The molecule has 1 aliphatic heterocycles. The van der Waals surface area contributed by atoms with Crippen molar-refractivity contribution in [3.63, 3.8) is 0 Å². The van der Waals surface area contributed by atoms with Gasteiger partial charge in [-0.3, -0.25) is 0 Å². The molecule has 0 aromatic carbocycles. The van der Waals surface area contributed by atoms with E-state index in [9.17, 15) is 8.42 Å². The molecule has 2 rings (SSSR count). The lowest BCUT2D eigenvalue weighted by molar-refractivity contribution is 0.0311. The molecule has 1 heterocycles. The summed E-state index contributed by atoms with van der Waals surface area (Å²) in [6.07, 6.45) is 0.922. The number of ether oxygens (including phenoxy) is 1. The summed E-state index contributed by atoms with van der Waals surface area (Å²) in [5.74, 6) is 0. The fourth-order valence-electron chi connectivity index (χ4n) is 1.51. The summed E-state index contributed by atoms with van der Waals surface area (Å²) >= 11 is 0. The molecule has 0 radical (unpaired) electrons. The zero-order valence-electron chi connectivity index (χ0n) is 7.72. The minimum Gasteiger partial charge on any atom is -0.361 e. The van der Waals surface area contributed by atoms with E-state index in [4.69, 9.17) is 10.00 Å². The van der Waals surface area contributed by atoms with Crippen LogP contribution in [-0.2, 0) is 14.8 Å². The highest BCUT2D eigenvalue weighted by Crippen LogP contribution is 2.31. The minimum atomic E-state index is -3.13. The molecule has 0 aromatic heterocycles. The van der Waals surface area contributed by atoms with Crippen LogP contribution in [0.5, 0.6) is 0 Å². The fourth-order valence-corrected chi connectivity index (χ4v) is 3.34. The largest absolute Gasteiger partial charge is 0.361 e. The fraction of sp³-hybridized carbons (Fsp3) is 0.875. The summed E-state index contributed by atoms with van der Waals surface area (Å²) in [6, 6.07) is 1.94. The van der Waals surface area contributed by atoms with E-state index >= 15 is 0 Å². The van der Waals surface area contributed by atoms with Crippen LogP contribution in [0.4, 0.5) is 0 Å². The molecular weight excluding hydrogens is 204 g/mol. The highest BCUT2D eigenvalue weighted by atomic mass is 32.2. The number of rotatable bonds is 2. The molecule has 5 nitrogen and oxygen atoms in total. The van der Waals surface area contributed by atoms with Crippen LogP contribution in [0.2, 0.25) is 0 Å². The molecule has 0 aromatic rings. The number of hydrogen-bond donors (Lipinski definition) is 0. The molecule has 2 fully saturated rings. The lowest BCUT2D eigenvalue weighted by Crippen LogP contribution is -2.46. The molecule has 1 saturated carbocycles. The van der Waals surface area contributed by atoms with Crippen LogP contribution in [-0.4, -0.2) is 43.8 Å². The van der Waals surface area contributed by atoms with Crippen LogP contribution < -0.4 is 0 Å². The number of nitrogens with zero attached hydrogens (tertiary/aromatic N) is 2. The van der Waals surface area contributed by atoms with Gasteiger partial charge in [0.05, 0.1) is 24.5 Å². The van der Waals surface area contributed by atoms with Crippen LogP contribution in [0.1, 0.15) is 12.8 Å². The van der Waals surface area contributed by atoms with Crippen molar-refractivity contribution in [2.75, 3.05) is 19.7 Å².